The van der Waals surface area contributed by atoms with Crippen molar-refractivity contribution in [3.8, 4) is 5.75 Å². The van der Waals surface area contributed by atoms with Gasteiger partial charge in [-0.15, -0.1) is 0 Å². The van der Waals surface area contributed by atoms with Crippen molar-refractivity contribution >= 4 is 12.1 Å². The van der Waals surface area contributed by atoms with E-state index in [2.05, 4.69) is 24.4 Å². The lowest BCUT2D eigenvalue weighted by Gasteiger charge is -2.15. The zero-order valence-electron chi connectivity index (χ0n) is 13.7. The smallest absolute Gasteiger partial charge is 0.277 e. The number of nitrogens with zero attached hydrogens (tertiary/aromatic N) is 1. The van der Waals surface area contributed by atoms with Crippen LogP contribution in [0.5, 0.6) is 5.75 Å². The van der Waals surface area contributed by atoms with E-state index in [1.807, 2.05) is 37.3 Å². The fraction of sp³-hybridized carbons (Fsp3) is 0.333. The molecule has 2 rings (SSSR count). The highest BCUT2D eigenvalue weighted by Gasteiger charge is 2.10. The lowest BCUT2D eigenvalue weighted by Crippen LogP contribution is -2.24. The molecule has 1 aromatic carbocycles. The zero-order valence-corrected chi connectivity index (χ0v) is 13.7. The van der Waals surface area contributed by atoms with E-state index in [4.69, 9.17) is 9.15 Å². The maximum atomic E-state index is 11.8. The molecule has 0 aliphatic heterocycles. The van der Waals surface area contributed by atoms with Crippen molar-refractivity contribution in [3.63, 3.8) is 0 Å². The molecule has 0 radical (unpaired) electrons. The van der Waals surface area contributed by atoms with Crippen LogP contribution in [0.3, 0.4) is 0 Å². The second kappa shape index (κ2) is 8.17. The Morgan fingerprint density at radius 2 is 2.13 bits per heavy atom. The Morgan fingerprint density at radius 3 is 2.83 bits per heavy atom. The standard InChI is InChI=1S/C18H22N2O3/c1-4-13(2)16-7-5-6-8-17(16)22-12-18(21)20-19-11-15-10-9-14(3)23-15/h5-11,13H,4,12H2,1-3H3,(H,20,21). The molecule has 0 fully saturated rings. The van der Waals surface area contributed by atoms with Gasteiger partial charge < -0.3 is 9.15 Å². The molecule has 0 saturated carbocycles. The molecule has 5 heteroatoms. The summed E-state index contributed by atoms with van der Waals surface area (Å²) in [7, 11) is 0. The highest BCUT2D eigenvalue weighted by Crippen LogP contribution is 2.28. The van der Waals surface area contributed by atoms with E-state index >= 15 is 0 Å². The quantitative estimate of drug-likeness (QED) is 0.627. The molecule has 1 N–H and O–H groups in total. The predicted octanol–water partition coefficient (Wildman–Crippen LogP) is 3.63. The van der Waals surface area contributed by atoms with Crippen molar-refractivity contribution < 1.29 is 13.9 Å². The molecule has 1 atom stereocenters. The van der Waals surface area contributed by atoms with E-state index in [9.17, 15) is 4.79 Å². The highest BCUT2D eigenvalue weighted by atomic mass is 16.5. The Morgan fingerprint density at radius 1 is 1.35 bits per heavy atom. The summed E-state index contributed by atoms with van der Waals surface area (Å²) in [5, 5.41) is 3.84. The number of ether oxygens (including phenoxy) is 1. The van der Waals surface area contributed by atoms with E-state index in [-0.39, 0.29) is 12.5 Å². The van der Waals surface area contributed by atoms with Crippen LogP contribution in [0.2, 0.25) is 0 Å². The van der Waals surface area contributed by atoms with Crippen molar-refractivity contribution in [3.05, 3.63) is 53.5 Å². The van der Waals surface area contributed by atoms with Gasteiger partial charge in [-0.3, -0.25) is 4.79 Å². The van der Waals surface area contributed by atoms with E-state index in [1.54, 1.807) is 6.07 Å². The molecule has 1 aromatic heterocycles. The number of amides is 1. The number of aryl methyl sites for hydroxylation is 1. The molecular weight excluding hydrogens is 292 g/mol. The molecule has 0 saturated heterocycles. The second-order valence-electron chi connectivity index (χ2n) is 5.38. The van der Waals surface area contributed by atoms with Crippen molar-refractivity contribution in [1.82, 2.24) is 5.43 Å². The SMILES string of the molecule is CCC(C)c1ccccc1OCC(=O)NN=Cc1ccc(C)o1. The molecule has 2 aromatic rings. The molecule has 0 aliphatic carbocycles. The normalized spacial score (nSPS) is 12.3. The fourth-order valence-corrected chi connectivity index (χ4v) is 2.11. The number of hydrogen-bond acceptors (Lipinski definition) is 4. The van der Waals surface area contributed by atoms with Crippen LogP contribution in [0.1, 0.15) is 43.3 Å². The van der Waals surface area contributed by atoms with Crippen molar-refractivity contribution in [2.24, 2.45) is 5.10 Å². The Bertz CT molecular complexity index is 676. The molecule has 5 nitrogen and oxygen atoms in total. The maximum absolute atomic E-state index is 11.8. The van der Waals surface area contributed by atoms with Gasteiger partial charge in [-0.2, -0.15) is 5.10 Å². The minimum Gasteiger partial charge on any atom is -0.483 e. The van der Waals surface area contributed by atoms with Crippen LogP contribution in [-0.2, 0) is 4.79 Å². The third-order valence-corrected chi connectivity index (χ3v) is 3.56. The third-order valence-electron chi connectivity index (χ3n) is 3.56. The van der Waals surface area contributed by atoms with Gasteiger partial charge in [0.25, 0.3) is 5.91 Å². The fourth-order valence-electron chi connectivity index (χ4n) is 2.11. The van der Waals surface area contributed by atoms with Gasteiger partial charge in [0.15, 0.2) is 6.61 Å². The Balaban J connectivity index is 1.86. The van der Waals surface area contributed by atoms with Crippen LogP contribution < -0.4 is 10.2 Å². The average Bonchev–Trinajstić information content (AvgIpc) is 2.98. The molecule has 0 aliphatic rings. The summed E-state index contributed by atoms with van der Waals surface area (Å²) in [4.78, 5) is 11.8. The summed E-state index contributed by atoms with van der Waals surface area (Å²) in [6.45, 7) is 6.03. The Hall–Kier alpha value is -2.56. The van der Waals surface area contributed by atoms with Crippen LogP contribution in [0.4, 0.5) is 0 Å². The summed E-state index contributed by atoms with van der Waals surface area (Å²) >= 11 is 0. The monoisotopic (exact) mass is 314 g/mol. The number of hydrogen-bond donors (Lipinski definition) is 1. The predicted molar refractivity (Wildman–Crippen MR) is 89.8 cm³/mol. The van der Waals surface area contributed by atoms with Gasteiger partial charge in [0.1, 0.15) is 17.3 Å². The van der Waals surface area contributed by atoms with E-state index in [1.165, 1.54) is 6.21 Å². The molecule has 0 spiro atoms. The summed E-state index contributed by atoms with van der Waals surface area (Å²) in [5.74, 6) is 2.19. The summed E-state index contributed by atoms with van der Waals surface area (Å²) in [5.41, 5.74) is 3.53. The van der Waals surface area contributed by atoms with Gasteiger partial charge in [-0.05, 0) is 43.0 Å². The van der Waals surface area contributed by atoms with Crippen LogP contribution in [0.25, 0.3) is 0 Å². The number of benzene rings is 1. The van der Waals surface area contributed by atoms with Gasteiger partial charge in [0.05, 0.1) is 6.21 Å². The van der Waals surface area contributed by atoms with Gasteiger partial charge in [-0.25, -0.2) is 5.43 Å². The van der Waals surface area contributed by atoms with Crippen LogP contribution in [-0.4, -0.2) is 18.7 Å². The van der Waals surface area contributed by atoms with Crippen LogP contribution in [0.15, 0.2) is 45.9 Å². The number of para-hydroxylation sites is 1. The van der Waals surface area contributed by atoms with Crippen molar-refractivity contribution in [2.75, 3.05) is 6.61 Å². The topological polar surface area (TPSA) is 63.8 Å². The van der Waals surface area contributed by atoms with Crippen LogP contribution >= 0.6 is 0 Å². The highest BCUT2D eigenvalue weighted by molar-refractivity contribution is 5.81. The minimum absolute atomic E-state index is 0.0814. The number of rotatable bonds is 7. The number of furan rings is 1. The lowest BCUT2D eigenvalue weighted by atomic mass is 9.98. The second-order valence-corrected chi connectivity index (χ2v) is 5.38. The number of carbonyl (C=O) groups is 1. The van der Waals surface area contributed by atoms with E-state index in [0.717, 1.165) is 23.5 Å². The van der Waals surface area contributed by atoms with Crippen molar-refractivity contribution in [1.29, 1.82) is 0 Å². The molecule has 23 heavy (non-hydrogen) atoms. The van der Waals surface area contributed by atoms with Gasteiger partial charge in [0.2, 0.25) is 0 Å². The number of hydrazone groups is 1. The summed E-state index contributed by atoms with van der Waals surface area (Å²) in [6, 6.07) is 11.4. The first-order valence-electron chi connectivity index (χ1n) is 7.70. The minimum atomic E-state index is -0.316. The first-order valence-corrected chi connectivity index (χ1v) is 7.70. The molecule has 0 bridgehead atoms. The molecule has 1 heterocycles. The van der Waals surface area contributed by atoms with Gasteiger partial charge in [-0.1, -0.05) is 32.0 Å². The molecule has 1 amide bonds. The Kier molecular flexibility index (Phi) is 5.97. The van der Waals surface area contributed by atoms with Crippen molar-refractivity contribution in [2.45, 2.75) is 33.1 Å². The average molecular weight is 314 g/mol. The Labute approximate surface area is 136 Å². The van der Waals surface area contributed by atoms with Gasteiger partial charge >= 0.3 is 0 Å². The van der Waals surface area contributed by atoms with E-state index in [0.29, 0.717) is 11.7 Å². The molecule has 122 valence electrons. The number of carbonyl (C=O) groups excluding carboxylic acids is 1. The summed E-state index contributed by atoms with van der Waals surface area (Å²) in [6.07, 6.45) is 2.47. The zero-order chi connectivity index (χ0) is 16.7. The number of nitrogens with one attached hydrogen (secondary N) is 1. The first-order chi connectivity index (χ1) is 11.1. The molecule has 1 unspecified atom stereocenters. The van der Waals surface area contributed by atoms with E-state index < -0.39 is 0 Å². The van der Waals surface area contributed by atoms with Gasteiger partial charge in [0, 0.05) is 0 Å². The third kappa shape index (κ3) is 4.98. The van der Waals surface area contributed by atoms with Crippen LogP contribution in [0, 0.1) is 6.92 Å². The molecular formula is C18H22N2O3. The largest absolute Gasteiger partial charge is 0.483 e. The lowest BCUT2D eigenvalue weighted by molar-refractivity contribution is -0.123. The maximum Gasteiger partial charge on any atom is 0.277 e. The first kappa shape index (κ1) is 16.8. The summed E-state index contributed by atoms with van der Waals surface area (Å²) < 4.78 is 10.9.